The first-order valence-electron chi connectivity index (χ1n) is 9.65. The van der Waals surface area contributed by atoms with Crippen molar-refractivity contribution in [3.05, 3.63) is 66.2 Å². The molecule has 0 radical (unpaired) electrons. The first-order valence-corrected chi connectivity index (χ1v) is 9.65. The average Bonchev–Trinajstić information content (AvgIpc) is 3.28. The van der Waals surface area contributed by atoms with Crippen LogP contribution in [0.15, 0.2) is 54.6 Å². The Labute approximate surface area is 172 Å². The number of halogens is 2. The van der Waals surface area contributed by atoms with E-state index in [9.17, 15) is 13.6 Å². The molecule has 1 saturated heterocycles. The molecule has 1 aliphatic heterocycles. The molecule has 1 aromatic heterocycles. The number of nitrogens with one attached hydrogen (secondary N) is 1. The lowest BCUT2D eigenvalue weighted by molar-refractivity contribution is -0.118. The second-order valence-electron chi connectivity index (χ2n) is 6.96. The van der Waals surface area contributed by atoms with Gasteiger partial charge in [0.25, 0.3) is 5.91 Å². The van der Waals surface area contributed by atoms with Crippen molar-refractivity contribution in [1.29, 1.82) is 0 Å². The van der Waals surface area contributed by atoms with E-state index in [4.69, 9.17) is 4.74 Å². The largest absolute Gasteiger partial charge is 0.481 e. The zero-order chi connectivity index (χ0) is 20.9. The van der Waals surface area contributed by atoms with Gasteiger partial charge in [-0.2, -0.15) is 0 Å². The molecule has 2 heterocycles. The van der Waals surface area contributed by atoms with E-state index in [0.717, 1.165) is 36.6 Å². The molecule has 4 rings (SSSR count). The summed E-state index contributed by atoms with van der Waals surface area (Å²) in [4.78, 5) is 14.3. The minimum Gasteiger partial charge on any atom is -0.481 e. The topological polar surface area (TPSA) is 67.3 Å². The zero-order valence-corrected chi connectivity index (χ0v) is 16.1. The monoisotopic (exact) mass is 410 g/mol. The molecule has 0 saturated carbocycles. The third-order valence-corrected chi connectivity index (χ3v) is 4.78. The van der Waals surface area contributed by atoms with Crippen LogP contribution in [-0.4, -0.2) is 35.8 Å². The van der Waals surface area contributed by atoms with Gasteiger partial charge < -0.3 is 15.0 Å². The molecule has 0 unspecified atom stereocenters. The predicted molar refractivity (Wildman–Crippen MR) is 109 cm³/mol. The summed E-state index contributed by atoms with van der Waals surface area (Å²) in [6.07, 6.45) is 2.34. The Hall–Kier alpha value is -3.55. The molecule has 0 bridgehead atoms. The highest BCUT2D eigenvalue weighted by Gasteiger charge is 2.14. The first kappa shape index (κ1) is 19.8. The number of amides is 1. The number of rotatable bonds is 6. The smallest absolute Gasteiger partial charge is 0.262 e. The van der Waals surface area contributed by atoms with E-state index in [-0.39, 0.29) is 5.75 Å². The Balaban J connectivity index is 1.38. The Bertz CT molecular complexity index is 1040. The lowest BCUT2D eigenvalue weighted by Gasteiger charge is -2.15. The van der Waals surface area contributed by atoms with E-state index in [1.807, 2.05) is 18.2 Å². The molecule has 154 valence electrons. The Morgan fingerprint density at radius 2 is 1.87 bits per heavy atom. The number of hydrogen-bond acceptors (Lipinski definition) is 5. The molecule has 1 amide bonds. The van der Waals surface area contributed by atoms with Gasteiger partial charge in [-0.25, -0.2) is 8.78 Å². The number of carbonyl (C=O) groups is 1. The van der Waals surface area contributed by atoms with E-state index in [1.165, 1.54) is 12.8 Å². The zero-order valence-electron chi connectivity index (χ0n) is 16.1. The normalized spacial score (nSPS) is 13.3. The van der Waals surface area contributed by atoms with Gasteiger partial charge in [0.2, 0.25) is 0 Å². The van der Waals surface area contributed by atoms with Crippen molar-refractivity contribution < 1.29 is 18.3 Å². The molecule has 2 aromatic carbocycles. The number of carbonyl (C=O) groups excluding carboxylic acids is 1. The van der Waals surface area contributed by atoms with Crippen molar-refractivity contribution in [3.8, 4) is 17.0 Å². The van der Waals surface area contributed by atoms with Gasteiger partial charge >= 0.3 is 0 Å². The van der Waals surface area contributed by atoms with Gasteiger partial charge in [0, 0.05) is 30.4 Å². The number of benzene rings is 2. The molecule has 0 spiro atoms. The summed E-state index contributed by atoms with van der Waals surface area (Å²) in [7, 11) is 0. The van der Waals surface area contributed by atoms with Gasteiger partial charge in [0.15, 0.2) is 24.0 Å². The van der Waals surface area contributed by atoms with Crippen LogP contribution in [0, 0.1) is 11.6 Å². The number of hydrogen-bond donors (Lipinski definition) is 1. The minimum absolute atomic E-state index is 0.186. The van der Waals surface area contributed by atoms with Crippen LogP contribution in [0.5, 0.6) is 5.75 Å². The van der Waals surface area contributed by atoms with Crippen molar-refractivity contribution in [1.82, 2.24) is 10.2 Å². The van der Waals surface area contributed by atoms with Crippen LogP contribution in [0.25, 0.3) is 11.3 Å². The highest BCUT2D eigenvalue weighted by atomic mass is 19.1. The fourth-order valence-electron chi connectivity index (χ4n) is 3.28. The van der Waals surface area contributed by atoms with E-state index in [2.05, 4.69) is 20.4 Å². The van der Waals surface area contributed by atoms with Crippen molar-refractivity contribution in [2.45, 2.75) is 12.8 Å². The fraction of sp³-hybridized carbons (Fsp3) is 0.227. The van der Waals surface area contributed by atoms with Crippen LogP contribution < -0.4 is 15.0 Å². The van der Waals surface area contributed by atoms with Crippen molar-refractivity contribution in [2.24, 2.45) is 0 Å². The second-order valence-corrected chi connectivity index (χ2v) is 6.96. The number of anilines is 2. The summed E-state index contributed by atoms with van der Waals surface area (Å²) >= 11 is 0. The Morgan fingerprint density at radius 3 is 2.60 bits per heavy atom. The minimum atomic E-state index is -0.860. The third kappa shape index (κ3) is 4.71. The standard InChI is InChI=1S/C22H20F2N4O2/c23-16-6-8-20(18(24)13-16)30-14-22(29)25-17-5-3-4-15(12-17)19-7-9-21(27-26-19)28-10-1-2-11-28/h3-9,12-13H,1-2,10-11,14H2,(H,25,29). The van der Waals surface area contributed by atoms with Crippen molar-refractivity contribution >= 4 is 17.4 Å². The molecular weight excluding hydrogens is 390 g/mol. The Morgan fingerprint density at radius 1 is 1.03 bits per heavy atom. The van der Waals surface area contributed by atoms with Gasteiger partial charge in [-0.1, -0.05) is 12.1 Å². The molecule has 0 atom stereocenters. The second kappa shape index (κ2) is 8.86. The SMILES string of the molecule is O=C(COc1ccc(F)cc1F)Nc1cccc(-c2ccc(N3CCCC3)nn2)c1. The third-order valence-electron chi connectivity index (χ3n) is 4.78. The van der Waals surface area contributed by atoms with Crippen LogP contribution in [0.3, 0.4) is 0 Å². The maximum absolute atomic E-state index is 13.6. The molecule has 1 N–H and O–H groups in total. The van der Waals surface area contributed by atoms with Crippen LogP contribution >= 0.6 is 0 Å². The summed E-state index contributed by atoms with van der Waals surface area (Å²) in [6.45, 7) is 1.59. The maximum Gasteiger partial charge on any atom is 0.262 e. The van der Waals surface area contributed by atoms with Gasteiger partial charge in [-0.05, 0) is 49.2 Å². The molecule has 1 fully saturated rings. The molecule has 0 aliphatic carbocycles. The quantitative estimate of drug-likeness (QED) is 0.664. The van der Waals surface area contributed by atoms with E-state index in [0.29, 0.717) is 17.4 Å². The van der Waals surface area contributed by atoms with Crippen molar-refractivity contribution in [3.63, 3.8) is 0 Å². The van der Waals surface area contributed by atoms with Crippen LogP contribution in [0.4, 0.5) is 20.3 Å². The highest BCUT2D eigenvalue weighted by molar-refractivity contribution is 5.92. The van der Waals surface area contributed by atoms with Crippen molar-refractivity contribution in [2.75, 3.05) is 29.9 Å². The molecule has 1 aliphatic rings. The summed E-state index contributed by atoms with van der Waals surface area (Å²) in [5.74, 6) is -1.36. The lowest BCUT2D eigenvalue weighted by Crippen LogP contribution is -2.20. The lowest BCUT2D eigenvalue weighted by atomic mass is 10.1. The van der Waals surface area contributed by atoms with Crippen LogP contribution in [0.2, 0.25) is 0 Å². The summed E-state index contributed by atoms with van der Waals surface area (Å²) in [5, 5.41) is 11.3. The Kier molecular flexibility index (Phi) is 5.83. The maximum atomic E-state index is 13.6. The molecule has 30 heavy (non-hydrogen) atoms. The van der Waals surface area contributed by atoms with Gasteiger partial charge in [0.1, 0.15) is 5.82 Å². The number of ether oxygens (including phenoxy) is 1. The summed E-state index contributed by atoms with van der Waals surface area (Å²) in [5.41, 5.74) is 2.04. The number of nitrogens with zero attached hydrogens (tertiary/aromatic N) is 3. The predicted octanol–water partition coefficient (Wildman–Crippen LogP) is 4.04. The molecule has 6 nitrogen and oxygen atoms in total. The van der Waals surface area contributed by atoms with Gasteiger partial charge in [-0.3, -0.25) is 4.79 Å². The summed E-state index contributed by atoms with van der Waals surface area (Å²) in [6, 6.07) is 13.9. The highest BCUT2D eigenvalue weighted by Crippen LogP contribution is 2.23. The van der Waals surface area contributed by atoms with Gasteiger partial charge in [-0.15, -0.1) is 10.2 Å². The average molecular weight is 410 g/mol. The van der Waals surface area contributed by atoms with E-state index in [1.54, 1.807) is 18.2 Å². The number of aromatic nitrogens is 2. The molecule has 3 aromatic rings. The van der Waals surface area contributed by atoms with Gasteiger partial charge in [0.05, 0.1) is 5.69 Å². The molecule has 8 heteroatoms. The van der Waals surface area contributed by atoms with Crippen LogP contribution in [0.1, 0.15) is 12.8 Å². The summed E-state index contributed by atoms with van der Waals surface area (Å²) < 4.78 is 31.6. The van der Waals surface area contributed by atoms with E-state index < -0.39 is 24.1 Å². The fourth-order valence-corrected chi connectivity index (χ4v) is 3.28. The van der Waals surface area contributed by atoms with E-state index >= 15 is 0 Å². The van der Waals surface area contributed by atoms with Crippen LogP contribution in [-0.2, 0) is 4.79 Å². The molecular formula is C22H20F2N4O2. The first-order chi connectivity index (χ1) is 14.6.